The minimum absolute atomic E-state index is 0.0548. The van der Waals surface area contributed by atoms with Crippen molar-refractivity contribution < 1.29 is 19.0 Å². The molecule has 4 nitrogen and oxygen atoms in total. The van der Waals surface area contributed by atoms with Gasteiger partial charge in [-0.15, -0.1) is 0 Å². The van der Waals surface area contributed by atoms with Crippen LogP contribution in [0, 0.1) is 0 Å². The summed E-state index contributed by atoms with van der Waals surface area (Å²) in [6, 6.07) is 1.77. The van der Waals surface area contributed by atoms with Crippen LogP contribution in [0.3, 0.4) is 0 Å². The molecule has 0 unspecified atom stereocenters. The van der Waals surface area contributed by atoms with Crippen molar-refractivity contribution in [3.8, 4) is 17.2 Å². The first-order chi connectivity index (χ1) is 9.02. The largest absolute Gasteiger partial charge is 0.496 e. The zero-order valence-corrected chi connectivity index (χ0v) is 11.3. The molecule has 19 heavy (non-hydrogen) atoms. The van der Waals surface area contributed by atoms with Gasteiger partial charge in [-0.3, -0.25) is 4.79 Å². The molecule has 0 bridgehead atoms. The number of ketones is 1. The Labute approximate surface area is 112 Å². The second-order valence-corrected chi connectivity index (χ2v) is 5.26. The van der Waals surface area contributed by atoms with Crippen LogP contribution in [0.1, 0.15) is 36.2 Å². The lowest BCUT2D eigenvalue weighted by molar-refractivity contribution is 0.0927. The maximum atomic E-state index is 12.1. The summed E-state index contributed by atoms with van der Waals surface area (Å²) in [6.45, 7) is 4.36. The maximum Gasteiger partial charge on any atom is 0.173 e. The Morgan fingerprint density at radius 3 is 2.89 bits per heavy atom. The van der Waals surface area contributed by atoms with Gasteiger partial charge in [-0.2, -0.15) is 0 Å². The smallest absolute Gasteiger partial charge is 0.173 e. The van der Waals surface area contributed by atoms with Crippen LogP contribution < -0.4 is 14.2 Å². The molecular weight excluding hydrogens is 244 g/mol. The average Bonchev–Trinajstić information content (AvgIpc) is 2.36. The van der Waals surface area contributed by atoms with Crippen LogP contribution in [0.2, 0.25) is 0 Å². The summed E-state index contributed by atoms with van der Waals surface area (Å²) in [4.78, 5) is 12.1. The van der Waals surface area contributed by atoms with Gasteiger partial charge in [-0.05, 0) is 26.0 Å². The highest BCUT2D eigenvalue weighted by molar-refractivity contribution is 6.04. The SMILES string of the molecule is COc1cc2c(c3c1C(=O)CCO3)C=CC(C)(C)O2. The third-order valence-corrected chi connectivity index (χ3v) is 3.34. The van der Waals surface area contributed by atoms with E-state index in [1.165, 1.54) is 0 Å². The van der Waals surface area contributed by atoms with Crippen molar-refractivity contribution >= 4 is 11.9 Å². The first-order valence-electron chi connectivity index (χ1n) is 6.31. The van der Waals surface area contributed by atoms with Crippen LogP contribution in [0.5, 0.6) is 17.2 Å². The topological polar surface area (TPSA) is 44.8 Å². The highest BCUT2D eigenvalue weighted by Crippen LogP contribution is 2.45. The van der Waals surface area contributed by atoms with E-state index >= 15 is 0 Å². The molecule has 2 aliphatic rings. The summed E-state index contributed by atoms with van der Waals surface area (Å²) in [6.07, 6.45) is 4.30. The standard InChI is InChI=1S/C15H16O4/c1-15(2)6-4-9-11(19-15)8-12(17-3)13-10(16)5-7-18-14(9)13/h4,6,8H,5,7H2,1-3H3. The number of benzene rings is 1. The summed E-state index contributed by atoms with van der Waals surface area (Å²) in [5.74, 6) is 1.85. The Hall–Kier alpha value is -1.97. The zero-order valence-electron chi connectivity index (χ0n) is 11.3. The summed E-state index contributed by atoms with van der Waals surface area (Å²) in [5, 5.41) is 0. The number of carbonyl (C=O) groups is 1. The molecule has 2 aliphatic heterocycles. The Kier molecular flexibility index (Phi) is 2.55. The average molecular weight is 260 g/mol. The molecule has 100 valence electrons. The molecule has 1 aromatic rings. The number of fused-ring (bicyclic) bond motifs is 3. The van der Waals surface area contributed by atoms with Gasteiger partial charge in [-0.25, -0.2) is 0 Å². The van der Waals surface area contributed by atoms with Gasteiger partial charge in [0, 0.05) is 12.5 Å². The van der Waals surface area contributed by atoms with Crippen molar-refractivity contribution in [1.82, 2.24) is 0 Å². The molecular formula is C15H16O4. The monoisotopic (exact) mass is 260 g/mol. The molecule has 2 heterocycles. The lowest BCUT2D eigenvalue weighted by atomic mass is 9.95. The predicted molar refractivity (Wildman–Crippen MR) is 71.2 cm³/mol. The number of Topliss-reactive ketones (excluding diaryl/α,β-unsaturated/α-hetero) is 1. The van der Waals surface area contributed by atoms with Gasteiger partial charge in [-0.1, -0.05) is 0 Å². The summed E-state index contributed by atoms with van der Waals surface area (Å²) < 4.78 is 16.9. The molecule has 0 fully saturated rings. The van der Waals surface area contributed by atoms with E-state index in [4.69, 9.17) is 14.2 Å². The third-order valence-electron chi connectivity index (χ3n) is 3.34. The fraction of sp³-hybridized carbons (Fsp3) is 0.400. The predicted octanol–water partition coefficient (Wildman–Crippen LogP) is 2.84. The minimum Gasteiger partial charge on any atom is -0.496 e. The van der Waals surface area contributed by atoms with Gasteiger partial charge in [0.15, 0.2) is 5.78 Å². The van der Waals surface area contributed by atoms with Crippen LogP contribution in [-0.2, 0) is 0 Å². The van der Waals surface area contributed by atoms with E-state index in [0.717, 1.165) is 5.56 Å². The first kappa shape index (κ1) is 12.1. The second-order valence-electron chi connectivity index (χ2n) is 5.26. The van der Waals surface area contributed by atoms with Crippen molar-refractivity contribution in [2.75, 3.05) is 13.7 Å². The highest BCUT2D eigenvalue weighted by Gasteiger charge is 2.31. The molecule has 4 heteroatoms. The van der Waals surface area contributed by atoms with Gasteiger partial charge >= 0.3 is 0 Å². The van der Waals surface area contributed by atoms with Crippen molar-refractivity contribution in [2.45, 2.75) is 25.9 Å². The quantitative estimate of drug-likeness (QED) is 0.779. The Balaban J connectivity index is 2.24. The van der Waals surface area contributed by atoms with Gasteiger partial charge in [0.05, 0.1) is 19.3 Å². The maximum absolute atomic E-state index is 12.1. The van der Waals surface area contributed by atoms with Gasteiger partial charge < -0.3 is 14.2 Å². The van der Waals surface area contributed by atoms with E-state index in [9.17, 15) is 4.79 Å². The normalized spacial score (nSPS) is 19.0. The molecule has 0 amide bonds. The molecule has 0 aromatic heterocycles. The number of ether oxygens (including phenoxy) is 3. The fourth-order valence-electron chi connectivity index (χ4n) is 2.42. The number of rotatable bonds is 1. The molecule has 0 saturated carbocycles. The molecule has 1 aromatic carbocycles. The molecule has 0 radical (unpaired) electrons. The van der Waals surface area contributed by atoms with E-state index in [1.54, 1.807) is 13.2 Å². The molecule has 0 aliphatic carbocycles. The highest BCUT2D eigenvalue weighted by atomic mass is 16.5. The first-order valence-corrected chi connectivity index (χ1v) is 6.31. The van der Waals surface area contributed by atoms with E-state index in [1.807, 2.05) is 26.0 Å². The third kappa shape index (κ3) is 1.87. The van der Waals surface area contributed by atoms with Crippen molar-refractivity contribution in [2.24, 2.45) is 0 Å². The van der Waals surface area contributed by atoms with E-state index in [-0.39, 0.29) is 11.4 Å². The van der Waals surface area contributed by atoms with Crippen LogP contribution in [0.25, 0.3) is 6.08 Å². The van der Waals surface area contributed by atoms with E-state index < -0.39 is 0 Å². The molecule has 0 saturated heterocycles. The van der Waals surface area contributed by atoms with Crippen LogP contribution in [0.15, 0.2) is 12.1 Å². The van der Waals surface area contributed by atoms with Crippen LogP contribution in [-0.4, -0.2) is 25.1 Å². The van der Waals surface area contributed by atoms with Crippen molar-refractivity contribution in [3.05, 3.63) is 23.3 Å². The van der Waals surface area contributed by atoms with Crippen LogP contribution in [0.4, 0.5) is 0 Å². The van der Waals surface area contributed by atoms with Gasteiger partial charge in [0.2, 0.25) is 0 Å². The van der Waals surface area contributed by atoms with Crippen molar-refractivity contribution in [1.29, 1.82) is 0 Å². The Morgan fingerprint density at radius 1 is 1.37 bits per heavy atom. The molecule has 0 N–H and O–H groups in total. The van der Waals surface area contributed by atoms with Crippen LogP contribution >= 0.6 is 0 Å². The van der Waals surface area contributed by atoms with E-state index in [2.05, 4.69) is 0 Å². The molecule has 0 atom stereocenters. The number of hydrogen-bond donors (Lipinski definition) is 0. The number of carbonyl (C=O) groups excluding carboxylic acids is 1. The Morgan fingerprint density at radius 2 is 2.16 bits per heavy atom. The Bertz CT molecular complexity index is 584. The summed E-state index contributed by atoms with van der Waals surface area (Å²) in [7, 11) is 1.55. The summed E-state index contributed by atoms with van der Waals surface area (Å²) in [5.41, 5.74) is 0.980. The fourth-order valence-corrected chi connectivity index (χ4v) is 2.42. The zero-order chi connectivity index (χ0) is 13.6. The summed E-state index contributed by atoms with van der Waals surface area (Å²) >= 11 is 0. The molecule has 3 rings (SSSR count). The number of hydrogen-bond acceptors (Lipinski definition) is 4. The molecule has 0 spiro atoms. The number of methoxy groups -OCH3 is 1. The van der Waals surface area contributed by atoms with Crippen molar-refractivity contribution in [3.63, 3.8) is 0 Å². The van der Waals surface area contributed by atoms with Gasteiger partial charge in [0.1, 0.15) is 28.4 Å². The lowest BCUT2D eigenvalue weighted by Crippen LogP contribution is -2.28. The van der Waals surface area contributed by atoms with Gasteiger partial charge in [0.25, 0.3) is 0 Å². The second kappa shape index (κ2) is 4.02. The van der Waals surface area contributed by atoms with E-state index in [0.29, 0.717) is 35.8 Å². The lowest BCUT2D eigenvalue weighted by Gasteiger charge is -2.31. The minimum atomic E-state index is -0.370.